The van der Waals surface area contributed by atoms with E-state index in [1.807, 2.05) is 63.2 Å². The fraction of sp³-hybridized carbons (Fsp3) is 0.400. The number of alkyl carbamates (subject to hydrolysis) is 1. The second kappa shape index (κ2) is 11.4. The van der Waals surface area contributed by atoms with E-state index in [1.165, 1.54) is 0 Å². The maximum absolute atomic E-state index is 13.4. The lowest BCUT2D eigenvalue weighted by molar-refractivity contribution is -0.132. The number of amides is 3. The third-order valence-corrected chi connectivity index (χ3v) is 7.10. The largest absolute Gasteiger partial charge is 0.444 e. The number of rotatable bonds is 6. The molecule has 0 atom stereocenters. The van der Waals surface area contributed by atoms with Gasteiger partial charge >= 0.3 is 6.09 Å². The van der Waals surface area contributed by atoms with Crippen LogP contribution >= 0.6 is 0 Å². The van der Waals surface area contributed by atoms with Crippen molar-refractivity contribution in [1.82, 2.24) is 20.0 Å². The summed E-state index contributed by atoms with van der Waals surface area (Å²) in [6.45, 7) is 8.22. The summed E-state index contributed by atoms with van der Waals surface area (Å²) in [7, 11) is 0. The van der Waals surface area contributed by atoms with Crippen LogP contribution in [0.25, 0.3) is 0 Å². The number of nitrogens with zero attached hydrogens (tertiary/aromatic N) is 4. The van der Waals surface area contributed by atoms with Crippen molar-refractivity contribution in [3.63, 3.8) is 0 Å². The maximum Gasteiger partial charge on any atom is 0.407 e. The Morgan fingerprint density at radius 3 is 2.48 bits per heavy atom. The van der Waals surface area contributed by atoms with Crippen LogP contribution < -0.4 is 15.5 Å². The highest BCUT2D eigenvalue weighted by Gasteiger charge is 2.27. The molecular formula is C30H36N6O4. The summed E-state index contributed by atoms with van der Waals surface area (Å²) >= 11 is 0. The molecule has 0 bridgehead atoms. The molecular weight excluding hydrogens is 508 g/mol. The zero-order valence-electron chi connectivity index (χ0n) is 23.2. The Bertz CT molecular complexity index is 1370. The molecule has 2 N–H and O–H groups in total. The quantitative estimate of drug-likeness (QED) is 0.482. The highest BCUT2D eigenvalue weighted by atomic mass is 16.6. The number of anilines is 2. The lowest BCUT2D eigenvalue weighted by atomic mass is 10.0. The standard InChI is InChI=1S/C30H36N6O4/c1-30(2,3)40-29(39)33-23-11-15-34(16-12-23)26-8-5-4-7-25(26)28(38)32-24-10-9-21-18-35(19-22(21)17-24)27(37)20-36-14-6-13-31-36/h4-10,13-14,17,23H,11-12,15-16,18-20H2,1-3H3,(H,32,38)(H,33,39). The molecule has 3 heterocycles. The van der Waals surface area contributed by atoms with Gasteiger partial charge in [-0.3, -0.25) is 14.3 Å². The zero-order valence-corrected chi connectivity index (χ0v) is 23.2. The van der Waals surface area contributed by atoms with Crippen LogP contribution in [0.2, 0.25) is 0 Å². The van der Waals surface area contributed by atoms with Gasteiger partial charge in [-0.25, -0.2) is 4.79 Å². The van der Waals surface area contributed by atoms with Crippen LogP contribution in [0.15, 0.2) is 60.9 Å². The number of nitrogens with one attached hydrogen (secondary N) is 2. The number of aromatic nitrogens is 2. The van der Waals surface area contributed by atoms with E-state index in [2.05, 4.69) is 20.6 Å². The summed E-state index contributed by atoms with van der Waals surface area (Å²) in [6.07, 6.45) is 4.55. The normalized spacial score (nSPS) is 15.5. The number of hydrogen-bond donors (Lipinski definition) is 2. The van der Waals surface area contributed by atoms with Gasteiger partial charge in [-0.1, -0.05) is 18.2 Å². The molecule has 0 saturated carbocycles. The van der Waals surface area contributed by atoms with Gasteiger partial charge in [-0.15, -0.1) is 0 Å². The van der Waals surface area contributed by atoms with E-state index in [4.69, 9.17) is 4.74 Å². The van der Waals surface area contributed by atoms with Crippen molar-refractivity contribution < 1.29 is 19.1 Å². The molecule has 1 aromatic heterocycles. The van der Waals surface area contributed by atoms with Crippen molar-refractivity contribution in [2.45, 2.75) is 64.9 Å². The molecule has 0 spiro atoms. The summed E-state index contributed by atoms with van der Waals surface area (Å²) in [5, 5.41) is 10.1. The Labute approximate surface area is 234 Å². The average molecular weight is 545 g/mol. The first-order valence-corrected chi connectivity index (χ1v) is 13.7. The van der Waals surface area contributed by atoms with Crippen LogP contribution in [0, 0.1) is 0 Å². The second-order valence-electron chi connectivity index (χ2n) is 11.3. The van der Waals surface area contributed by atoms with Gasteiger partial charge in [-0.2, -0.15) is 5.10 Å². The SMILES string of the molecule is CC(C)(C)OC(=O)NC1CCN(c2ccccc2C(=O)Nc2ccc3c(c2)CN(C(=O)Cn2cccn2)C3)CC1. The van der Waals surface area contributed by atoms with E-state index >= 15 is 0 Å². The summed E-state index contributed by atoms with van der Waals surface area (Å²) in [5.41, 5.74) is 3.73. The van der Waals surface area contributed by atoms with Crippen molar-refractivity contribution >= 4 is 29.3 Å². The average Bonchev–Trinajstić information content (AvgIpc) is 3.58. The molecule has 0 aliphatic carbocycles. The Morgan fingerprint density at radius 2 is 1.75 bits per heavy atom. The van der Waals surface area contributed by atoms with Crippen molar-refractivity contribution in [3.05, 3.63) is 77.6 Å². The Morgan fingerprint density at radius 1 is 1.00 bits per heavy atom. The number of carbonyl (C=O) groups is 3. The third-order valence-electron chi connectivity index (χ3n) is 7.10. The van der Waals surface area contributed by atoms with Crippen molar-refractivity contribution in [1.29, 1.82) is 0 Å². The van der Waals surface area contributed by atoms with Gasteiger partial charge in [0.1, 0.15) is 12.1 Å². The molecule has 10 nitrogen and oxygen atoms in total. The summed E-state index contributed by atoms with van der Waals surface area (Å²) in [6, 6.07) is 15.2. The van der Waals surface area contributed by atoms with Gasteiger partial charge in [-0.05, 0) is 75.1 Å². The zero-order chi connectivity index (χ0) is 28.3. The number of piperidine rings is 1. The number of hydrogen-bond acceptors (Lipinski definition) is 6. The Balaban J connectivity index is 1.19. The van der Waals surface area contributed by atoms with Crippen LogP contribution in [0.5, 0.6) is 0 Å². The van der Waals surface area contributed by atoms with E-state index < -0.39 is 11.7 Å². The molecule has 5 rings (SSSR count). The van der Waals surface area contributed by atoms with Crippen LogP contribution in [0.1, 0.15) is 55.1 Å². The Kier molecular flexibility index (Phi) is 7.77. The smallest absolute Gasteiger partial charge is 0.407 e. The van der Waals surface area contributed by atoms with Crippen LogP contribution in [0.4, 0.5) is 16.2 Å². The predicted octanol–water partition coefficient (Wildman–Crippen LogP) is 4.17. The summed E-state index contributed by atoms with van der Waals surface area (Å²) in [4.78, 5) is 42.2. The molecule has 1 fully saturated rings. The van der Waals surface area contributed by atoms with E-state index in [1.54, 1.807) is 28.0 Å². The molecule has 3 amide bonds. The molecule has 2 aliphatic heterocycles. The van der Waals surface area contributed by atoms with Crippen LogP contribution in [-0.2, 0) is 29.2 Å². The predicted molar refractivity (Wildman–Crippen MR) is 152 cm³/mol. The molecule has 210 valence electrons. The van der Waals surface area contributed by atoms with Crippen LogP contribution in [-0.4, -0.2) is 57.3 Å². The molecule has 2 aromatic carbocycles. The Hall–Kier alpha value is -4.34. The molecule has 1 saturated heterocycles. The monoisotopic (exact) mass is 544 g/mol. The van der Waals surface area contributed by atoms with Gasteiger partial charge in [0, 0.05) is 56.0 Å². The van der Waals surface area contributed by atoms with Crippen LogP contribution in [0.3, 0.4) is 0 Å². The fourth-order valence-electron chi connectivity index (χ4n) is 5.16. The lowest BCUT2D eigenvalue weighted by Crippen LogP contribution is -2.46. The molecule has 0 radical (unpaired) electrons. The third kappa shape index (κ3) is 6.62. The van der Waals surface area contributed by atoms with Gasteiger partial charge in [0.2, 0.25) is 5.91 Å². The molecule has 10 heteroatoms. The van der Waals surface area contributed by atoms with E-state index in [-0.39, 0.29) is 24.4 Å². The van der Waals surface area contributed by atoms with Gasteiger partial charge in [0.05, 0.1) is 5.56 Å². The molecule has 40 heavy (non-hydrogen) atoms. The van der Waals surface area contributed by atoms with Crippen molar-refractivity contribution in [2.75, 3.05) is 23.3 Å². The number of para-hydroxylation sites is 1. The maximum atomic E-state index is 13.4. The van der Waals surface area contributed by atoms with E-state index in [0.29, 0.717) is 37.4 Å². The summed E-state index contributed by atoms with van der Waals surface area (Å²) in [5.74, 6) is -0.182. The first-order valence-electron chi connectivity index (χ1n) is 13.7. The molecule has 3 aromatic rings. The molecule has 2 aliphatic rings. The minimum Gasteiger partial charge on any atom is -0.444 e. The topological polar surface area (TPSA) is 109 Å². The summed E-state index contributed by atoms with van der Waals surface area (Å²) < 4.78 is 7.01. The van der Waals surface area contributed by atoms with E-state index in [0.717, 1.165) is 29.7 Å². The minimum atomic E-state index is -0.534. The number of fused-ring (bicyclic) bond motifs is 1. The first kappa shape index (κ1) is 27.2. The highest BCUT2D eigenvalue weighted by Crippen LogP contribution is 2.28. The second-order valence-corrected chi connectivity index (χ2v) is 11.3. The number of ether oxygens (including phenoxy) is 1. The van der Waals surface area contributed by atoms with Crippen molar-refractivity contribution in [2.24, 2.45) is 0 Å². The van der Waals surface area contributed by atoms with Gasteiger partial charge in [0.15, 0.2) is 0 Å². The van der Waals surface area contributed by atoms with Gasteiger partial charge < -0.3 is 25.2 Å². The van der Waals surface area contributed by atoms with E-state index in [9.17, 15) is 14.4 Å². The minimum absolute atomic E-state index is 0.00415. The fourth-order valence-corrected chi connectivity index (χ4v) is 5.16. The molecule has 0 unspecified atom stereocenters. The number of benzene rings is 2. The first-order chi connectivity index (χ1) is 19.1. The lowest BCUT2D eigenvalue weighted by Gasteiger charge is -2.35. The highest BCUT2D eigenvalue weighted by molar-refractivity contribution is 6.08. The van der Waals surface area contributed by atoms with Crippen molar-refractivity contribution in [3.8, 4) is 0 Å². The van der Waals surface area contributed by atoms with Gasteiger partial charge in [0.25, 0.3) is 5.91 Å². The number of carbonyl (C=O) groups excluding carboxylic acids is 3.